The van der Waals surface area contributed by atoms with Crippen LogP contribution in [0.2, 0.25) is 0 Å². The molecule has 1 unspecified atom stereocenters. The third-order valence-corrected chi connectivity index (χ3v) is 4.21. The third-order valence-electron chi connectivity index (χ3n) is 4.21. The van der Waals surface area contributed by atoms with E-state index < -0.39 is 0 Å². The molecule has 144 valence electrons. The minimum Gasteiger partial charge on any atom is -0.494 e. The smallest absolute Gasteiger partial charge is 0.224 e. The number of nitrogens with one attached hydrogen (secondary N) is 2. The summed E-state index contributed by atoms with van der Waals surface area (Å²) < 4.78 is 5.36. The molecule has 27 heavy (non-hydrogen) atoms. The van der Waals surface area contributed by atoms with Gasteiger partial charge in [0.15, 0.2) is 0 Å². The predicted octanol–water partition coefficient (Wildman–Crippen LogP) is 4.81. The minimum atomic E-state index is -0.0648. The zero-order valence-corrected chi connectivity index (χ0v) is 16.4. The number of carbonyl (C=O) groups is 2. The molecule has 2 aromatic rings. The summed E-state index contributed by atoms with van der Waals surface area (Å²) in [7, 11) is 1.54. The van der Waals surface area contributed by atoms with Gasteiger partial charge >= 0.3 is 0 Å². The van der Waals surface area contributed by atoms with Gasteiger partial charge in [-0.05, 0) is 29.5 Å². The summed E-state index contributed by atoms with van der Waals surface area (Å²) >= 11 is 0. The van der Waals surface area contributed by atoms with Crippen LogP contribution in [0.15, 0.2) is 48.5 Å². The van der Waals surface area contributed by atoms with E-state index in [-0.39, 0.29) is 23.7 Å². The molecule has 0 aliphatic heterocycles. The molecule has 2 aromatic carbocycles. The van der Waals surface area contributed by atoms with Crippen LogP contribution in [-0.2, 0) is 9.59 Å². The molecule has 0 saturated carbocycles. The van der Waals surface area contributed by atoms with Crippen molar-refractivity contribution in [2.24, 2.45) is 5.92 Å². The Morgan fingerprint density at radius 2 is 1.59 bits per heavy atom. The van der Waals surface area contributed by atoms with Crippen LogP contribution in [0.1, 0.15) is 45.1 Å². The van der Waals surface area contributed by atoms with Gasteiger partial charge in [-0.2, -0.15) is 0 Å². The molecule has 0 spiro atoms. The second kappa shape index (κ2) is 9.76. The number of ether oxygens (including phenoxy) is 1. The number of methoxy groups -OCH3 is 1. The van der Waals surface area contributed by atoms with Crippen molar-refractivity contribution in [2.45, 2.75) is 39.5 Å². The molecule has 2 amide bonds. The molecule has 0 heterocycles. The first kappa shape index (κ1) is 20.5. The molecular weight excluding hydrogens is 340 g/mol. The lowest BCUT2D eigenvalue weighted by Crippen LogP contribution is -2.16. The highest BCUT2D eigenvalue weighted by Crippen LogP contribution is 2.29. The minimum absolute atomic E-state index is 0.0585. The topological polar surface area (TPSA) is 67.4 Å². The van der Waals surface area contributed by atoms with Gasteiger partial charge in [0.2, 0.25) is 11.8 Å². The number of carbonyl (C=O) groups excluding carboxylic acids is 2. The molecule has 5 nitrogen and oxygen atoms in total. The fourth-order valence-corrected chi connectivity index (χ4v) is 2.83. The van der Waals surface area contributed by atoms with Gasteiger partial charge in [0, 0.05) is 24.6 Å². The maximum Gasteiger partial charge on any atom is 0.224 e. The molecule has 5 heteroatoms. The van der Waals surface area contributed by atoms with Crippen LogP contribution in [0.3, 0.4) is 0 Å². The van der Waals surface area contributed by atoms with Crippen LogP contribution in [0.5, 0.6) is 5.75 Å². The van der Waals surface area contributed by atoms with Gasteiger partial charge in [0.05, 0.1) is 12.8 Å². The SMILES string of the molecule is COc1cc(NC(=O)CC(C)c2ccccc2)ccc1NC(=O)CC(C)C. The van der Waals surface area contributed by atoms with Crippen LogP contribution in [-0.4, -0.2) is 18.9 Å². The lowest BCUT2D eigenvalue weighted by Gasteiger charge is -2.15. The van der Waals surface area contributed by atoms with Crippen LogP contribution >= 0.6 is 0 Å². The Kier molecular flexibility index (Phi) is 7.41. The summed E-state index contributed by atoms with van der Waals surface area (Å²) in [5, 5.41) is 5.75. The summed E-state index contributed by atoms with van der Waals surface area (Å²) in [4.78, 5) is 24.3. The highest BCUT2D eigenvalue weighted by Gasteiger charge is 2.13. The Morgan fingerprint density at radius 1 is 0.926 bits per heavy atom. The highest BCUT2D eigenvalue weighted by molar-refractivity contribution is 5.94. The molecule has 0 aliphatic rings. The molecule has 1 atom stereocenters. The van der Waals surface area contributed by atoms with E-state index in [9.17, 15) is 9.59 Å². The number of rotatable bonds is 8. The van der Waals surface area contributed by atoms with E-state index in [1.165, 1.54) is 7.11 Å². The maximum atomic E-state index is 12.4. The molecule has 2 N–H and O–H groups in total. The Balaban J connectivity index is 2.00. The number of hydrogen-bond donors (Lipinski definition) is 2. The second-order valence-corrected chi connectivity index (χ2v) is 7.13. The van der Waals surface area contributed by atoms with E-state index in [0.717, 1.165) is 5.56 Å². The molecule has 0 fully saturated rings. The molecule has 0 aliphatic carbocycles. The summed E-state index contributed by atoms with van der Waals surface area (Å²) in [5.74, 6) is 0.798. The van der Waals surface area contributed by atoms with Gasteiger partial charge in [-0.25, -0.2) is 0 Å². The van der Waals surface area contributed by atoms with E-state index in [1.807, 2.05) is 51.1 Å². The summed E-state index contributed by atoms with van der Waals surface area (Å²) in [6, 6.07) is 15.2. The number of hydrogen-bond acceptors (Lipinski definition) is 3. The maximum absolute atomic E-state index is 12.4. The Morgan fingerprint density at radius 3 is 2.22 bits per heavy atom. The van der Waals surface area contributed by atoms with E-state index in [0.29, 0.717) is 30.0 Å². The largest absolute Gasteiger partial charge is 0.494 e. The number of benzene rings is 2. The van der Waals surface area contributed by atoms with Crippen molar-refractivity contribution < 1.29 is 14.3 Å². The molecule has 0 aromatic heterocycles. The van der Waals surface area contributed by atoms with Crippen molar-refractivity contribution in [3.05, 3.63) is 54.1 Å². The van der Waals surface area contributed by atoms with Crippen LogP contribution in [0.25, 0.3) is 0 Å². The zero-order chi connectivity index (χ0) is 19.8. The lowest BCUT2D eigenvalue weighted by molar-refractivity contribution is -0.117. The first-order chi connectivity index (χ1) is 12.9. The molecular formula is C22H28N2O3. The fourth-order valence-electron chi connectivity index (χ4n) is 2.83. The van der Waals surface area contributed by atoms with Crippen molar-refractivity contribution in [2.75, 3.05) is 17.7 Å². The fraction of sp³-hybridized carbons (Fsp3) is 0.364. The summed E-state index contributed by atoms with van der Waals surface area (Å²) in [6.07, 6.45) is 0.832. The number of anilines is 2. The predicted molar refractivity (Wildman–Crippen MR) is 109 cm³/mol. The lowest BCUT2D eigenvalue weighted by atomic mass is 9.97. The van der Waals surface area contributed by atoms with Crippen molar-refractivity contribution in [3.63, 3.8) is 0 Å². The van der Waals surface area contributed by atoms with Crippen LogP contribution < -0.4 is 15.4 Å². The van der Waals surface area contributed by atoms with Crippen LogP contribution in [0, 0.1) is 5.92 Å². The first-order valence-electron chi connectivity index (χ1n) is 9.21. The Labute approximate surface area is 161 Å². The van der Waals surface area contributed by atoms with Crippen molar-refractivity contribution in [1.82, 2.24) is 0 Å². The van der Waals surface area contributed by atoms with Gasteiger partial charge in [0.25, 0.3) is 0 Å². The zero-order valence-electron chi connectivity index (χ0n) is 16.4. The first-order valence-corrected chi connectivity index (χ1v) is 9.21. The summed E-state index contributed by atoms with van der Waals surface area (Å²) in [6.45, 7) is 6.01. The summed E-state index contributed by atoms with van der Waals surface area (Å²) in [5.41, 5.74) is 2.37. The standard InChI is InChI=1S/C22H28N2O3/c1-15(2)12-21(25)24-19-11-10-18(14-20(19)27-4)23-22(26)13-16(3)17-8-6-5-7-9-17/h5-11,14-16H,12-13H2,1-4H3,(H,23,26)(H,24,25). The van der Waals surface area contributed by atoms with Crippen molar-refractivity contribution in [1.29, 1.82) is 0 Å². The quantitative estimate of drug-likeness (QED) is 0.702. The van der Waals surface area contributed by atoms with Gasteiger partial charge in [0.1, 0.15) is 5.75 Å². The van der Waals surface area contributed by atoms with E-state index in [2.05, 4.69) is 10.6 Å². The van der Waals surface area contributed by atoms with E-state index in [4.69, 9.17) is 4.74 Å². The Bertz CT molecular complexity index is 772. The van der Waals surface area contributed by atoms with E-state index in [1.54, 1.807) is 18.2 Å². The average Bonchev–Trinajstić information content (AvgIpc) is 2.62. The van der Waals surface area contributed by atoms with Crippen molar-refractivity contribution in [3.8, 4) is 5.75 Å². The highest BCUT2D eigenvalue weighted by atomic mass is 16.5. The number of amides is 2. The normalized spacial score (nSPS) is 11.7. The average molecular weight is 368 g/mol. The third kappa shape index (κ3) is 6.44. The molecule has 0 radical (unpaired) electrons. The molecule has 2 rings (SSSR count). The van der Waals surface area contributed by atoms with Gasteiger partial charge < -0.3 is 15.4 Å². The van der Waals surface area contributed by atoms with Crippen LogP contribution in [0.4, 0.5) is 11.4 Å². The molecule has 0 bridgehead atoms. The van der Waals surface area contributed by atoms with Gasteiger partial charge in [-0.15, -0.1) is 0 Å². The second-order valence-electron chi connectivity index (χ2n) is 7.13. The van der Waals surface area contributed by atoms with E-state index >= 15 is 0 Å². The van der Waals surface area contributed by atoms with Crippen molar-refractivity contribution >= 4 is 23.2 Å². The Hall–Kier alpha value is -2.82. The monoisotopic (exact) mass is 368 g/mol. The molecule has 0 saturated heterocycles. The van der Waals surface area contributed by atoms with Gasteiger partial charge in [-0.1, -0.05) is 51.1 Å². The van der Waals surface area contributed by atoms with Gasteiger partial charge in [-0.3, -0.25) is 9.59 Å².